The van der Waals surface area contributed by atoms with E-state index in [1.807, 2.05) is 25.1 Å². The fourth-order valence-electron chi connectivity index (χ4n) is 4.34. The molecule has 0 aliphatic heterocycles. The van der Waals surface area contributed by atoms with Crippen molar-refractivity contribution in [2.24, 2.45) is 5.41 Å². The minimum atomic E-state index is -0.167. The van der Waals surface area contributed by atoms with Gasteiger partial charge in [0.2, 0.25) is 0 Å². The number of carbonyl (C=O) groups is 1. The SMILES string of the molecule is Cc1cc(Cl)ccc1C1=C(C(C)(C)C)C=C2C(=Cc3ccc(C(C)(C)C)cc32)C1=O. The Morgan fingerprint density at radius 1 is 0.767 bits per heavy atom. The summed E-state index contributed by atoms with van der Waals surface area (Å²) in [5, 5.41) is 0.691. The molecular formula is C28H29ClO. The Hall–Kier alpha value is -2.38. The molecule has 0 unspecified atom stereocenters. The fraction of sp³-hybridized carbons (Fsp3) is 0.321. The summed E-state index contributed by atoms with van der Waals surface area (Å²) in [6.45, 7) is 15.2. The van der Waals surface area contributed by atoms with Gasteiger partial charge >= 0.3 is 0 Å². The summed E-state index contributed by atoms with van der Waals surface area (Å²) in [6, 6.07) is 12.4. The molecule has 0 spiro atoms. The molecule has 0 aromatic heterocycles. The van der Waals surface area contributed by atoms with Crippen LogP contribution in [0.25, 0.3) is 17.2 Å². The smallest absolute Gasteiger partial charge is 0.194 e. The molecule has 0 amide bonds. The Kier molecular flexibility index (Phi) is 4.74. The number of Topliss-reactive ketones (excluding diaryl/α,β-unsaturated/α-hetero) is 1. The molecule has 2 aromatic carbocycles. The lowest BCUT2D eigenvalue weighted by molar-refractivity contribution is -0.110. The van der Waals surface area contributed by atoms with Gasteiger partial charge in [0, 0.05) is 16.2 Å². The van der Waals surface area contributed by atoms with E-state index in [2.05, 4.69) is 71.9 Å². The van der Waals surface area contributed by atoms with Crippen molar-refractivity contribution in [3.05, 3.63) is 86.5 Å². The topological polar surface area (TPSA) is 17.1 Å². The van der Waals surface area contributed by atoms with Crippen LogP contribution in [-0.4, -0.2) is 5.78 Å². The number of aryl methyl sites for hydroxylation is 1. The molecule has 2 aliphatic carbocycles. The van der Waals surface area contributed by atoms with E-state index in [-0.39, 0.29) is 16.6 Å². The average molecular weight is 417 g/mol. The van der Waals surface area contributed by atoms with E-state index < -0.39 is 0 Å². The molecule has 0 saturated carbocycles. The molecule has 0 N–H and O–H groups in total. The summed E-state index contributed by atoms with van der Waals surface area (Å²) in [4.78, 5) is 13.9. The molecule has 2 aromatic rings. The minimum Gasteiger partial charge on any atom is -0.289 e. The highest BCUT2D eigenvalue weighted by Crippen LogP contribution is 2.48. The molecular weight excluding hydrogens is 388 g/mol. The average Bonchev–Trinajstić information content (AvgIpc) is 2.99. The third-order valence-electron chi connectivity index (χ3n) is 6.10. The molecule has 2 heteroatoms. The van der Waals surface area contributed by atoms with Crippen molar-refractivity contribution in [1.82, 2.24) is 0 Å². The number of hydrogen-bond acceptors (Lipinski definition) is 1. The van der Waals surface area contributed by atoms with Gasteiger partial charge in [0.1, 0.15) is 0 Å². The summed E-state index contributed by atoms with van der Waals surface area (Å²) in [6.07, 6.45) is 4.30. The van der Waals surface area contributed by atoms with Gasteiger partial charge in [0.05, 0.1) is 0 Å². The standard InChI is InChI=1S/C28H29ClO/c1-16-12-19(29)10-11-20(16)25-24(28(5,6)7)15-22-21-14-18(27(2,3)4)9-8-17(21)13-23(22)26(25)30/h8-15H,1-7H3. The van der Waals surface area contributed by atoms with Crippen LogP contribution in [0.15, 0.2) is 53.6 Å². The first-order valence-corrected chi connectivity index (χ1v) is 10.9. The van der Waals surface area contributed by atoms with Crippen LogP contribution in [0.4, 0.5) is 0 Å². The summed E-state index contributed by atoms with van der Waals surface area (Å²) in [7, 11) is 0. The van der Waals surface area contributed by atoms with E-state index in [4.69, 9.17) is 11.6 Å². The second kappa shape index (κ2) is 6.82. The van der Waals surface area contributed by atoms with E-state index in [0.717, 1.165) is 39.0 Å². The van der Waals surface area contributed by atoms with E-state index in [1.54, 1.807) is 0 Å². The van der Waals surface area contributed by atoms with Crippen LogP contribution in [-0.2, 0) is 10.2 Å². The molecule has 0 radical (unpaired) electrons. The first kappa shape index (κ1) is 20.9. The highest BCUT2D eigenvalue weighted by Gasteiger charge is 2.36. The lowest BCUT2D eigenvalue weighted by atomic mass is 9.73. The van der Waals surface area contributed by atoms with Gasteiger partial charge in [0.25, 0.3) is 0 Å². The molecule has 0 saturated heterocycles. The highest BCUT2D eigenvalue weighted by molar-refractivity contribution is 6.40. The molecule has 0 bridgehead atoms. The molecule has 2 aliphatic rings. The summed E-state index contributed by atoms with van der Waals surface area (Å²) in [5.41, 5.74) is 9.20. The monoisotopic (exact) mass is 416 g/mol. The Morgan fingerprint density at radius 2 is 1.47 bits per heavy atom. The summed E-state index contributed by atoms with van der Waals surface area (Å²) < 4.78 is 0. The first-order valence-electron chi connectivity index (χ1n) is 10.5. The molecule has 0 atom stereocenters. The van der Waals surface area contributed by atoms with Crippen molar-refractivity contribution in [3.8, 4) is 0 Å². The van der Waals surface area contributed by atoms with Gasteiger partial charge < -0.3 is 0 Å². The number of rotatable bonds is 1. The largest absolute Gasteiger partial charge is 0.289 e. The highest BCUT2D eigenvalue weighted by atomic mass is 35.5. The second-order valence-corrected chi connectivity index (χ2v) is 10.9. The first-order chi connectivity index (χ1) is 13.9. The summed E-state index contributed by atoms with van der Waals surface area (Å²) in [5.74, 6) is 0.108. The summed E-state index contributed by atoms with van der Waals surface area (Å²) >= 11 is 6.20. The van der Waals surface area contributed by atoms with E-state index in [9.17, 15) is 4.79 Å². The molecule has 0 heterocycles. The van der Waals surface area contributed by atoms with E-state index in [1.165, 1.54) is 11.1 Å². The van der Waals surface area contributed by atoms with Crippen molar-refractivity contribution < 1.29 is 4.79 Å². The molecule has 154 valence electrons. The zero-order chi connectivity index (χ0) is 22.0. The van der Waals surface area contributed by atoms with Crippen LogP contribution in [0.2, 0.25) is 5.02 Å². The van der Waals surface area contributed by atoms with Gasteiger partial charge in [-0.25, -0.2) is 0 Å². The molecule has 1 nitrogen and oxygen atoms in total. The van der Waals surface area contributed by atoms with Crippen LogP contribution < -0.4 is 0 Å². The maximum Gasteiger partial charge on any atom is 0.194 e. The van der Waals surface area contributed by atoms with Crippen molar-refractivity contribution in [1.29, 1.82) is 0 Å². The van der Waals surface area contributed by atoms with Crippen LogP contribution >= 0.6 is 11.6 Å². The number of halogens is 1. The number of fused-ring (bicyclic) bond motifs is 3. The van der Waals surface area contributed by atoms with Crippen molar-refractivity contribution in [2.75, 3.05) is 0 Å². The fourth-order valence-corrected chi connectivity index (χ4v) is 4.57. The molecule has 4 rings (SSSR count). The van der Waals surface area contributed by atoms with Crippen LogP contribution in [0.3, 0.4) is 0 Å². The Labute approximate surface area is 185 Å². The predicted octanol–water partition coefficient (Wildman–Crippen LogP) is 7.81. The lowest BCUT2D eigenvalue weighted by Gasteiger charge is -2.30. The van der Waals surface area contributed by atoms with Crippen LogP contribution in [0, 0.1) is 12.3 Å². The van der Waals surface area contributed by atoms with Crippen LogP contribution in [0.1, 0.15) is 69.4 Å². The lowest BCUT2D eigenvalue weighted by Crippen LogP contribution is -2.20. The van der Waals surface area contributed by atoms with Crippen LogP contribution in [0.5, 0.6) is 0 Å². The minimum absolute atomic E-state index is 0.0608. The third kappa shape index (κ3) is 3.40. The van der Waals surface area contributed by atoms with Gasteiger partial charge in [-0.15, -0.1) is 0 Å². The van der Waals surface area contributed by atoms with E-state index in [0.29, 0.717) is 5.02 Å². The Bertz CT molecular complexity index is 1170. The van der Waals surface area contributed by atoms with Gasteiger partial charge in [-0.1, -0.05) is 71.3 Å². The predicted molar refractivity (Wildman–Crippen MR) is 129 cm³/mol. The normalized spacial score (nSPS) is 16.3. The quantitative estimate of drug-likeness (QED) is 0.463. The number of carbonyl (C=O) groups excluding carboxylic acids is 1. The zero-order valence-electron chi connectivity index (χ0n) is 18.9. The molecule has 30 heavy (non-hydrogen) atoms. The third-order valence-corrected chi connectivity index (χ3v) is 6.33. The molecule has 0 fully saturated rings. The van der Waals surface area contributed by atoms with Crippen molar-refractivity contribution in [3.63, 3.8) is 0 Å². The Morgan fingerprint density at radius 3 is 2.07 bits per heavy atom. The zero-order valence-corrected chi connectivity index (χ0v) is 19.7. The van der Waals surface area contributed by atoms with Crippen molar-refractivity contribution >= 4 is 34.6 Å². The van der Waals surface area contributed by atoms with Gasteiger partial charge in [0.15, 0.2) is 5.78 Å². The number of ketones is 1. The Balaban J connectivity index is 1.98. The number of hydrogen-bond donors (Lipinski definition) is 0. The van der Waals surface area contributed by atoms with Gasteiger partial charge in [-0.3, -0.25) is 4.79 Å². The van der Waals surface area contributed by atoms with Crippen molar-refractivity contribution in [2.45, 2.75) is 53.9 Å². The van der Waals surface area contributed by atoms with Gasteiger partial charge in [-0.05, 0) is 87.1 Å². The number of benzene rings is 2. The maximum absolute atomic E-state index is 13.9. The number of allylic oxidation sites excluding steroid dienone is 5. The van der Waals surface area contributed by atoms with Gasteiger partial charge in [-0.2, -0.15) is 0 Å². The maximum atomic E-state index is 13.9. The second-order valence-electron chi connectivity index (χ2n) is 10.5. The van der Waals surface area contributed by atoms with E-state index >= 15 is 0 Å².